The highest BCUT2D eigenvalue weighted by Crippen LogP contribution is 2.24. The first-order chi connectivity index (χ1) is 15.4. The Morgan fingerprint density at radius 2 is 1.97 bits per heavy atom. The summed E-state index contributed by atoms with van der Waals surface area (Å²) in [6.07, 6.45) is 1.74. The van der Waals surface area contributed by atoms with Gasteiger partial charge in [-0.15, -0.1) is 0 Å². The Bertz CT molecular complexity index is 1040. The van der Waals surface area contributed by atoms with Crippen molar-refractivity contribution in [2.45, 2.75) is 25.9 Å². The molecule has 0 N–H and O–H groups in total. The van der Waals surface area contributed by atoms with Crippen LogP contribution in [0.2, 0.25) is 0 Å². The SMILES string of the molecule is CCc1ncnc(O[C@H]2CCN(C(=O)CN3CCN(c4ccc(F)c(F)c4)C3=O)C2)c1F. The van der Waals surface area contributed by atoms with Crippen molar-refractivity contribution >= 4 is 17.6 Å². The number of rotatable bonds is 6. The number of nitrogens with zero attached hydrogens (tertiary/aromatic N) is 5. The molecule has 3 amide bonds. The lowest BCUT2D eigenvalue weighted by atomic mass is 10.3. The number of amides is 3. The molecule has 0 unspecified atom stereocenters. The van der Waals surface area contributed by atoms with Crippen molar-refractivity contribution in [2.75, 3.05) is 37.6 Å². The fourth-order valence-electron chi connectivity index (χ4n) is 3.81. The van der Waals surface area contributed by atoms with Gasteiger partial charge in [0.25, 0.3) is 5.88 Å². The van der Waals surface area contributed by atoms with Gasteiger partial charge in [0.05, 0.1) is 12.2 Å². The van der Waals surface area contributed by atoms with Gasteiger partial charge in [-0.05, 0) is 18.6 Å². The first-order valence-corrected chi connectivity index (χ1v) is 10.3. The molecule has 0 bridgehead atoms. The van der Waals surface area contributed by atoms with Gasteiger partial charge in [-0.25, -0.2) is 18.6 Å². The molecule has 2 aliphatic heterocycles. The van der Waals surface area contributed by atoms with E-state index in [1.165, 1.54) is 22.2 Å². The minimum Gasteiger partial charge on any atom is -0.470 e. The fourth-order valence-corrected chi connectivity index (χ4v) is 3.81. The van der Waals surface area contributed by atoms with Crippen molar-refractivity contribution in [1.29, 1.82) is 0 Å². The quantitative estimate of drug-likeness (QED) is 0.677. The lowest BCUT2D eigenvalue weighted by Crippen LogP contribution is -2.42. The molecule has 2 fully saturated rings. The molecule has 11 heteroatoms. The van der Waals surface area contributed by atoms with Crippen LogP contribution in [0, 0.1) is 17.5 Å². The van der Waals surface area contributed by atoms with Crippen molar-refractivity contribution in [3.63, 3.8) is 0 Å². The van der Waals surface area contributed by atoms with Crippen LogP contribution in [0.5, 0.6) is 5.88 Å². The van der Waals surface area contributed by atoms with Crippen LogP contribution in [0.1, 0.15) is 19.0 Å². The number of urea groups is 1. The van der Waals surface area contributed by atoms with Gasteiger partial charge < -0.3 is 14.5 Å². The normalized spacial score (nSPS) is 18.6. The molecule has 0 saturated carbocycles. The molecule has 3 heterocycles. The molecule has 0 aliphatic carbocycles. The lowest BCUT2D eigenvalue weighted by Gasteiger charge is -2.22. The number of carbonyl (C=O) groups is 2. The topological polar surface area (TPSA) is 78.9 Å². The smallest absolute Gasteiger partial charge is 0.325 e. The molecule has 1 aromatic carbocycles. The van der Waals surface area contributed by atoms with E-state index in [4.69, 9.17) is 4.74 Å². The van der Waals surface area contributed by atoms with Crippen LogP contribution in [-0.4, -0.2) is 70.5 Å². The second kappa shape index (κ2) is 9.01. The number of likely N-dealkylation sites (tertiary alicyclic amines) is 1. The molecule has 2 aromatic rings. The Morgan fingerprint density at radius 3 is 2.72 bits per heavy atom. The summed E-state index contributed by atoms with van der Waals surface area (Å²) in [4.78, 5) is 37.3. The molecule has 2 aliphatic rings. The number of carbonyl (C=O) groups excluding carboxylic acids is 2. The molecule has 0 radical (unpaired) electrons. The van der Waals surface area contributed by atoms with E-state index in [0.717, 1.165) is 12.1 Å². The number of hydrogen-bond donors (Lipinski definition) is 0. The molecule has 170 valence electrons. The standard InChI is InChI=1S/C21H22F3N5O3/c1-2-17-19(24)20(26-12-25-17)32-14-5-6-27(10-14)18(30)11-28-7-8-29(21(28)31)13-3-4-15(22)16(23)9-13/h3-4,9,12,14H,2,5-8,10-11H2,1H3/t14-/m0/s1. The number of anilines is 1. The van der Waals surface area contributed by atoms with Crippen molar-refractivity contribution in [2.24, 2.45) is 0 Å². The van der Waals surface area contributed by atoms with Crippen LogP contribution in [-0.2, 0) is 11.2 Å². The van der Waals surface area contributed by atoms with Crippen LogP contribution in [0.15, 0.2) is 24.5 Å². The zero-order valence-electron chi connectivity index (χ0n) is 17.4. The van der Waals surface area contributed by atoms with Gasteiger partial charge in [0, 0.05) is 37.8 Å². The van der Waals surface area contributed by atoms with Crippen LogP contribution >= 0.6 is 0 Å². The Hall–Kier alpha value is -3.37. The monoisotopic (exact) mass is 449 g/mol. The maximum absolute atomic E-state index is 14.3. The summed E-state index contributed by atoms with van der Waals surface area (Å²) >= 11 is 0. The average molecular weight is 449 g/mol. The summed E-state index contributed by atoms with van der Waals surface area (Å²) < 4.78 is 46.6. The lowest BCUT2D eigenvalue weighted by molar-refractivity contribution is -0.130. The summed E-state index contributed by atoms with van der Waals surface area (Å²) in [5.74, 6) is -3.04. The van der Waals surface area contributed by atoms with Gasteiger partial charge in [0.15, 0.2) is 11.6 Å². The molecular formula is C21H22F3N5O3. The minimum atomic E-state index is -1.04. The Labute approximate surface area is 182 Å². The number of benzene rings is 1. The fraction of sp³-hybridized carbons (Fsp3) is 0.429. The van der Waals surface area contributed by atoms with Gasteiger partial charge in [0.2, 0.25) is 11.7 Å². The number of aryl methyl sites for hydroxylation is 1. The summed E-state index contributed by atoms with van der Waals surface area (Å²) in [5.41, 5.74) is 0.496. The van der Waals surface area contributed by atoms with Crippen LogP contribution in [0.25, 0.3) is 0 Å². The Morgan fingerprint density at radius 1 is 1.16 bits per heavy atom. The summed E-state index contributed by atoms with van der Waals surface area (Å²) in [6, 6.07) is 2.78. The van der Waals surface area contributed by atoms with Gasteiger partial charge in [-0.2, -0.15) is 9.37 Å². The molecule has 0 spiro atoms. The predicted molar refractivity (Wildman–Crippen MR) is 108 cm³/mol. The van der Waals surface area contributed by atoms with Crippen molar-refractivity contribution in [1.82, 2.24) is 19.8 Å². The predicted octanol–water partition coefficient (Wildman–Crippen LogP) is 2.38. The van der Waals surface area contributed by atoms with Crippen LogP contribution in [0.3, 0.4) is 0 Å². The molecule has 8 nitrogen and oxygen atoms in total. The molecule has 32 heavy (non-hydrogen) atoms. The molecule has 1 atom stereocenters. The summed E-state index contributed by atoms with van der Waals surface area (Å²) in [7, 11) is 0. The minimum absolute atomic E-state index is 0.131. The maximum Gasteiger partial charge on any atom is 0.325 e. The van der Waals surface area contributed by atoms with Gasteiger partial charge in [-0.3, -0.25) is 9.69 Å². The average Bonchev–Trinajstić information content (AvgIpc) is 3.39. The molecule has 2 saturated heterocycles. The highest BCUT2D eigenvalue weighted by atomic mass is 19.2. The van der Waals surface area contributed by atoms with Crippen molar-refractivity contribution in [3.8, 4) is 5.88 Å². The Balaban J connectivity index is 1.33. The zero-order valence-corrected chi connectivity index (χ0v) is 17.4. The van der Waals surface area contributed by atoms with E-state index in [2.05, 4.69) is 9.97 Å². The van der Waals surface area contributed by atoms with E-state index >= 15 is 0 Å². The summed E-state index contributed by atoms with van der Waals surface area (Å²) in [6.45, 7) is 2.83. The van der Waals surface area contributed by atoms with Crippen LogP contribution < -0.4 is 9.64 Å². The largest absolute Gasteiger partial charge is 0.470 e. The molecule has 1 aromatic heterocycles. The first-order valence-electron chi connectivity index (χ1n) is 10.3. The third-order valence-electron chi connectivity index (χ3n) is 5.58. The summed E-state index contributed by atoms with van der Waals surface area (Å²) in [5, 5.41) is 0. The zero-order chi connectivity index (χ0) is 22.8. The van der Waals surface area contributed by atoms with E-state index < -0.39 is 29.6 Å². The third-order valence-corrected chi connectivity index (χ3v) is 5.58. The number of aromatic nitrogens is 2. The second-order valence-electron chi connectivity index (χ2n) is 7.62. The second-order valence-corrected chi connectivity index (χ2v) is 7.62. The van der Waals surface area contributed by atoms with Crippen molar-refractivity contribution in [3.05, 3.63) is 47.7 Å². The number of ether oxygens (including phenoxy) is 1. The van der Waals surface area contributed by atoms with E-state index in [0.29, 0.717) is 19.4 Å². The van der Waals surface area contributed by atoms with Gasteiger partial charge in [-0.1, -0.05) is 6.92 Å². The highest BCUT2D eigenvalue weighted by molar-refractivity contribution is 5.96. The first kappa shape index (κ1) is 21.8. The van der Waals surface area contributed by atoms with E-state index in [9.17, 15) is 22.8 Å². The molecule has 4 rings (SSSR count). The van der Waals surface area contributed by atoms with Crippen molar-refractivity contribution < 1.29 is 27.5 Å². The van der Waals surface area contributed by atoms with Crippen LogP contribution in [0.4, 0.5) is 23.7 Å². The van der Waals surface area contributed by atoms with Gasteiger partial charge >= 0.3 is 6.03 Å². The molecular weight excluding hydrogens is 427 g/mol. The van der Waals surface area contributed by atoms with E-state index in [1.54, 1.807) is 11.8 Å². The van der Waals surface area contributed by atoms with E-state index in [1.807, 2.05) is 0 Å². The van der Waals surface area contributed by atoms with Gasteiger partial charge in [0.1, 0.15) is 19.0 Å². The highest BCUT2D eigenvalue weighted by Gasteiger charge is 2.35. The Kier molecular flexibility index (Phi) is 6.15. The maximum atomic E-state index is 14.3. The number of hydrogen-bond acceptors (Lipinski definition) is 5. The third kappa shape index (κ3) is 4.32. The number of halogens is 3. The van der Waals surface area contributed by atoms with E-state index in [-0.39, 0.29) is 49.3 Å².